The normalized spacial score (nSPS) is 12.4. The number of rotatable bonds is 6. The van der Waals surface area contributed by atoms with Gasteiger partial charge in [0.15, 0.2) is 0 Å². The van der Waals surface area contributed by atoms with E-state index < -0.39 is 0 Å². The maximum Gasteiger partial charge on any atom is 0.0712 e. The number of hydrogen-bond acceptors (Lipinski definition) is 2. The van der Waals surface area contributed by atoms with E-state index in [-0.39, 0.29) is 5.54 Å². The second-order valence-corrected chi connectivity index (χ2v) is 9.71. The molecular formula is C27H67IN2. The van der Waals surface area contributed by atoms with Crippen LogP contribution in [0.4, 0.5) is 0 Å². The molecule has 0 bridgehead atoms. The van der Waals surface area contributed by atoms with Gasteiger partial charge >= 0.3 is 0 Å². The average Bonchev–Trinajstić information content (AvgIpc) is 2.72. The molecule has 0 spiro atoms. The Kier molecular flexibility index (Phi) is 40.9. The molecule has 2 atom stereocenters. The Morgan fingerprint density at radius 3 is 1.17 bits per heavy atom. The Labute approximate surface area is 210 Å². The van der Waals surface area contributed by atoms with Gasteiger partial charge in [-0.1, -0.05) is 111 Å². The topological polar surface area (TPSA) is 6.48 Å². The first-order chi connectivity index (χ1) is 13.8. The van der Waals surface area contributed by atoms with Crippen LogP contribution in [0.3, 0.4) is 0 Å². The molecule has 0 aliphatic carbocycles. The summed E-state index contributed by atoms with van der Waals surface area (Å²) in [4.78, 5) is 2.50. The van der Waals surface area contributed by atoms with E-state index in [4.69, 9.17) is 0 Å². The largest absolute Gasteiger partial charge is 0.285 e. The summed E-state index contributed by atoms with van der Waals surface area (Å²) in [5.74, 6) is 1.42. The lowest BCUT2D eigenvalue weighted by Gasteiger charge is -2.44. The zero-order valence-corrected chi connectivity index (χ0v) is 27.6. The van der Waals surface area contributed by atoms with Crippen molar-refractivity contribution >= 4 is 22.9 Å². The first-order valence-electron chi connectivity index (χ1n) is 13.0. The zero-order chi connectivity index (χ0) is 26.3. The molecule has 0 saturated heterocycles. The lowest BCUT2D eigenvalue weighted by molar-refractivity contribution is 0.0371. The van der Waals surface area contributed by atoms with Gasteiger partial charge in [-0.2, -0.15) is 0 Å². The molecule has 0 N–H and O–H groups in total. The van der Waals surface area contributed by atoms with Crippen molar-refractivity contribution in [3.05, 3.63) is 0 Å². The predicted molar refractivity (Wildman–Crippen MR) is 157 cm³/mol. The summed E-state index contributed by atoms with van der Waals surface area (Å²) in [5.41, 5.74) is 0.565. The third kappa shape index (κ3) is 23.3. The summed E-state index contributed by atoms with van der Waals surface area (Å²) in [7, 11) is 2.25. The van der Waals surface area contributed by atoms with Crippen LogP contribution in [-0.4, -0.2) is 33.3 Å². The molecule has 0 aromatic heterocycles. The maximum absolute atomic E-state index is 2.54. The summed E-state index contributed by atoms with van der Waals surface area (Å²) in [6.07, 6.45) is 1.66. The van der Waals surface area contributed by atoms with E-state index in [1.807, 2.05) is 69.2 Å². The molecule has 30 heavy (non-hydrogen) atoms. The SMILES string of the molecule is CC.CC.CC.CC.CC.CCC(N(I)CC(C(C)C)C(C)(C)C)N(C)C(C)(C)C. The molecule has 0 fully saturated rings. The second-order valence-electron chi connectivity index (χ2n) is 8.47. The monoisotopic (exact) mass is 546 g/mol. The van der Waals surface area contributed by atoms with Gasteiger partial charge in [0.25, 0.3) is 0 Å². The van der Waals surface area contributed by atoms with E-state index in [2.05, 4.69) is 100 Å². The maximum atomic E-state index is 2.54. The molecule has 2 nitrogen and oxygen atoms in total. The first kappa shape index (κ1) is 44.3. The quantitative estimate of drug-likeness (QED) is 0.186. The highest BCUT2D eigenvalue weighted by Gasteiger charge is 2.33. The fraction of sp³-hybridized carbons (Fsp3) is 1.00. The lowest BCUT2D eigenvalue weighted by atomic mass is 9.74. The van der Waals surface area contributed by atoms with Crippen LogP contribution in [0.25, 0.3) is 0 Å². The molecule has 192 valence electrons. The highest BCUT2D eigenvalue weighted by atomic mass is 127. The van der Waals surface area contributed by atoms with Crippen LogP contribution in [-0.2, 0) is 0 Å². The standard InChI is InChI=1S/C17H37IN2.5C2H6/c1-11-15(19(10)17(7,8)9)20(18)12-14(13(2)3)16(4,5)6;5*1-2/h13-15H,11-12H2,1-10H3;5*1-2H3. The van der Waals surface area contributed by atoms with Crippen LogP contribution >= 0.6 is 22.9 Å². The van der Waals surface area contributed by atoms with Crippen LogP contribution < -0.4 is 0 Å². The van der Waals surface area contributed by atoms with Crippen molar-refractivity contribution < 1.29 is 0 Å². The van der Waals surface area contributed by atoms with Gasteiger partial charge < -0.3 is 0 Å². The Morgan fingerprint density at radius 1 is 0.700 bits per heavy atom. The van der Waals surface area contributed by atoms with E-state index in [1.165, 1.54) is 0 Å². The number of nitrogens with zero attached hydrogens (tertiary/aromatic N) is 2. The highest BCUT2D eigenvalue weighted by Crippen LogP contribution is 2.35. The predicted octanol–water partition coefficient (Wildman–Crippen LogP) is 10.6. The fourth-order valence-corrected chi connectivity index (χ4v) is 4.09. The summed E-state index contributed by atoms with van der Waals surface area (Å²) in [6.45, 7) is 42.2. The van der Waals surface area contributed by atoms with Gasteiger partial charge in [0.1, 0.15) is 0 Å². The number of hydrogen-bond donors (Lipinski definition) is 0. The minimum absolute atomic E-state index is 0.207. The Balaban J connectivity index is -0.000000125. The average molecular weight is 547 g/mol. The van der Waals surface area contributed by atoms with Gasteiger partial charge in [0, 0.05) is 34.9 Å². The number of halogens is 1. The van der Waals surface area contributed by atoms with Gasteiger partial charge in [-0.3, -0.25) is 4.90 Å². The molecule has 0 saturated carbocycles. The smallest absolute Gasteiger partial charge is 0.0712 e. The summed E-state index contributed by atoms with van der Waals surface area (Å²) in [6, 6.07) is 0. The van der Waals surface area contributed by atoms with Crippen LogP contribution in [0, 0.1) is 17.3 Å². The third-order valence-electron chi connectivity index (χ3n) is 4.48. The zero-order valence-electron chi connectivity index (χ0n) is 25.4. The van der Waals surface area contributed by atoms with Crippen molar-refractivity contribution in [3.8, 4) is 0 Å². The molecule has 0 aliphatic rings. The van der Waals surface area contributed by atoms with E-state index >= 15 is 0 Å². The second kappa shape index (κ2) is 27.7. The van der Waals surface area contributed by atoms with E-state index in [1.54, 1.807) is 0 Å². The van der Waals surface area contributed by atoms with Gasteiger partial charge in [-0.05, 0) is 51.5 Å². The highest BCUT2D eigenvalue weighted by molar-refractivity contribution is 14.1. The summed E-state index contributed by atoms with van der Waals surface area (Å²) >= 11 is 2.54. The summed E-state index contributed by atoms with van der Waals surface area (Å²) in [5, 5.41) is 0. The molecule has 0 rings (SSSR count). The minimum atomic E-state index is 0.207. The molecule has 2 unspecified atom stereocenters. The van der Waals surface area contributed by atoms with Crippen LogP contribution in [0.15, 0.2) is 0 Å². The fourth-order valence-electron chi connectivity index (χ4n) is 2.90. The molecule has 0 aromatic rings. The molecule has 0 radical (unpaired) electrons. The lowest BCUT2D eigenvalue weighted by Crippen LogP contribution is -2.52. The third-order valence-corrected chi connectivity index (χ3v) is 5.52. The summed E-state index contributed by atoms with van der Waals surface area (Å²) < 4.78 is 2.53. The van der Waals surface area contributed by atoms with Crippen LogP contribution in [0.1, 0.15) is 138 Å². The molecule has 0 aromatic carbocycles. The first-order valence-corrected chi connectivity index (χ1v) is 13.9. The molecule has 0 amide bonds. The molecule has 0 heterocycles. The van der Waals surface area contributed by atoms with Crippen molar-refractivity contribution in [2.45, 2.75) is 150 Å². The van der Waals surface area contributed by atoms with E-state index in [0.717, 1.165) is 13.0 Å². The molecular weight excluding hydrogens is 479 g/mol. The van der Waals surface area contributed by atoms with E-state index in [9.17, 15) is 0 Å². The van der Waals surface area contributed by atoms with Crippen LogP contribution in [0.2, 0.25) is 0 Å². The van der Waals surface area contributed by atoms with Crippen molar-refractivity contribution in [2.75, 3.05) is 13.6 Å². The van der Waals surface area contributed by atoms with Crippen molar-refractivity contribution in [3.63, 3.8) is 0 Å². The van der Waals surface area contributed by atoms with Gasteiger partial charge in [0.2, 0.25) is 0 Å². The molecule has 3 heteroatoms. The molecule has 0 aliphatic heterocycles. The van der Waals surface area contributed by atoms with Crippen molar-refractivity contribution in [2.24, 2.45) is 17.3 Å². The van der Waals surface area contributed by atoms with E-state index in [0.29, 0.717) is 23.4 Å². The van der Waals surface area contributed by atoms with Crippen LogP contribution in [0.5, 0.6) is 0 Å². The Bertz CT molecular complexity index is 278. The van der Waals surface area contributed by atoms with Gasteiger partial charge in [-0.25, -0.2) is 3.11 Å². The van der Waals surface area contributed by atoms with Crippen molar-refractivity contribution in [1.82, 2.24) is 8.01 Å². The van der Waals surface area contributed by atoms with Crippen molar-refractivity contribution in [1.29, 1.82) is 0 Å². The van der Waals surface area contributed by atoms with Gasteiger partial charge in [-0.15, -0.1) is 0 Å². The van der Waals surface area contributed by atoms with Gasteiger partial charge in [0.05, 0.1) is 6.17 Å². The minimum Gasteiger partial charge on any atom is -0.285 e. The Hall–Kier alpha value is 0.650. The Morgan fingerprint density at radius 2 is 1.00 bits per heavy atom.